The van der Waals surface area contributed by atoms with E-state index in [0.29, 0.717) is 32.1 Å². The monoisotopic (exact) mass is 1110 g/mol. The molecule has 4 aliphatic rings. The van der Waals surface area contributed by atoms with Gasteiger partial charge >= 0.3 is 56.0 Å². The Bertz CT molecular complexity index is 1770. The number of hydrogen-bond acceptors (Lipinski definition) is 10. The van der Waals surface area contributed by atoms with E-state index in [4.69, 9.17) is 25.5 Å². The van der Waals surface area contributed by atoms with Crippen molar-refractivity contribution in [3.8, 4) is 0 Å². The maximum absolute atomic E-state index is 11.7. The van der Waals surface area contributed by atoms with Crippen LogP contribution in [0, 0.1) is 48.0 Å². The van der Waals surface area contributed by atoms with E-state index in [9.17, 15) is 28.8 Å². The number of allylic oxidation sites excluding steroid dienone is 10. The van der Waals surface area contributed by atoms with Crippen LogP contribution in [0.5, 0.6) is 0 Å². The van der Waals surface area contributed by atoms with Crippen LogP contribution >= 0.6 is 0 Å². The number of rotatable bonds is 25. The molecule has 0 saturated carbocycles. The molecule has 4 atom stereocenters. The van der Waals surface area contributed by atoms with Gasteiger partial charge in [0.2, 0.25) is 5.91 Å². The van der Waals surface area contributed by atoms with Crippen molar-refractivity contribution < 1.29 is 80.5 Å². The number of carbonyl (C=O) groups is 6. The summed E-state index contributed by atoms with van der Waals surface area (Å²) in [6.07, 6.45) is 49.1. The summed E-state index contributed by atoms with van der Waals surface area (Å²) in [7, 11) is 16.8. The first-order valence-electron chi connectivity index (χ1n) is 25.4. The molecule has 5 N–H and O–H groups in total. The molecule has 4 rings (SSSR count). The number of amides is 1. The molecule has 410 valence electrons. The number of unbranched alkanes of at least 4 members (excludes halogenated alkanes) is 11. The summed E-state index contributed by atoms with van der Waals surface area (Å²) in [5.41, 5.74) is 3.81. The summed E-state index contributed by atoms with van der Waals surface area (Å²) in [6, 6.07) is 0. The van der Waals surface area contributed by atoms with Crippen LogP contribution in [0.4, 0.5) is 0 Å². The van der Waals surface area contributed by atoms with Gasteiger partial charge < -0.3 is 50.0 Å². The van der Waals surface area contributed by atoms with Gasteiger partial charge in [0.25, 0.3) is 0 Å². The van der Waals surface area contributed by atoms with Gasteiger partial charge in [0.15, 0.2) is 0 Å². The summed E-state index contributed by atoms with van der Waals surface area (Å²) in [4.78, 5) is 73.2. The van der Waals surface area contributed by atoms with Gasteiger partial charge in [0, 0.05) is 93.5 Å². The van der Waals surface area contributed by atoms with Crippen molar-refractivity contribution in [1.82, 2.24) is 24.5 Å². The third kappa shape index (κ3) is 34.1. The van der Waals surface area contributed by atoms with Gasteiger partial charge in [0.05, 0.1) is 0 Å². The minimum Gasteiger partial charge on any atom is -0.481 e. The molecule has 17 heteroatoms. The average molecular weight is 1110 g/mol. The number of aliphatic carboxylic acids is 5. The van der Waals surface area contributed by atoms with Crippen molar-refractivity contribution in [2.24, 2.45) is 23.7 Å². The third-order valence-electron chi connectivity index (χ3n) is 11.6. The van der Waals surface area contributed by atoms with Crippen LogP contribution in [0.2, 0.25) is 0 Å². The van der Waals surface area contributed by atoms with E-state index in [1.54, 1.807) is 55.7 Å². The Morgan fingerprint density at radius 1 is 0.459 bits per heavy atom. The topological polar surface area (TPSA) is 220 Å². The van der Waals surface area contributed by atoms with Crippen LogP contribution < -0.4 is 0 Å². The zero-order valence-corrected chi connectivity index (χ0v) is 48.4. The molecule has 0 aromatic rings. The van der Waals surface area contributed by atoms with Crippen LogP contribution in [-0.2, 0) is 55.0 Å². The van der Waals surface area contributed by atoms with Crippen molar-refractivity contribution in [3.63, 3.8) is 0 Å². The van der Waals surface area contributed by atoms with Gasteiger partial charge in [-0.3, -0.25) is 28.8 Å². The van der Waals surface area contributed by atoms with Crippen molar-refractivity contribution in [1.29, 1.82) is 0 Å². The first-order chi connectivity index (χ1) is 34.5. The second-order valence-electron chi connectivity index (χ2n) is 18.8. The molecule has 0 aromatic heterocycles. The molecule has 0 saturated heterocycles. The predicted octanol–water partition coefficient (Wildman–Crippen LogP) is 9.15. The summed E-state index contributed by atoms with van der Waals surface area (Å²) >= 11 is 0. The Morgan fingerprint density at radius 2 is 0.730 bits per heavy atom. The number of likely N-dealkylation sites (N-methyl/N-ethyl adjacent to an activating group) is 5. The van der Waals surface area contributed by atoms with Crippen LogP contribution in [0.15, 0.2) is 83.5 Å². The number of carboxylic acids is 5. The molecule has 0 aliphatic heterocycles. The van der Waals surface area contributed by atoms with Gasteiger partial charge in [-0.25, -0.2) is 24.3 Å². The van der Waals surface area contributed by atoms with Gasteiger partial charge in [0.1, 0.15) is 6.54 Å². The van der Waals surface area contributed by atoms with Crippen molar-refractivity contribution in [3.05, 3.63) is 108 Å². The Labute approximate surface area is 462 Å². The SMILES string of the molecule is CCCCCCCC/C=C\CCCCCCCC(=O)N(C)CC(=O)O.CN(C)C1=[C-]CC(C(=O)O)C=C1.CN(C)C1=[C-]CC(C(=O)O)C=C1.CN(C)C1=[C-]CC(C(=O)O)C=C1.CN(C)C1=[C-]CC(C(=O)O)C=C1.[Zr+4]. The zero-order chi connectivity index (χ0) is 55.3. The van der Waals surface area contributed by atoms with Crippen molar-refractivity contribution in [2.75, 3.05) is 70.0 Å². The van der Waals surface area contributed by atoms with Crippen LogP contribution in [0.25, 0.3) is 0 Å². The number of carbonyl (C=O) groups excluding carboxylic acids is 1. The second-order valence-corrected chi connectivity index (χ2v) is 18.8. The van der Waals surface area contributed by atoms with Crippen LogP contribution in [0.1, 0.15) is 122 Å². The van der Waals surface area contributed by atoms with E-state index in [-0.39, 0.29) is 38.7 Å². The van der Waals surface area contributed by atoms with Gasteiger partial charge in [-0.2, -0.15) is 48.6 Å². The molecule has 0 radical (unpaired) electrons. The summed E-state index contributed by atoms with van der Waals surface area (Å²) in [5, 5.41) is 43.2. The average Bonchev–Trinajstić information content (AvgIpc) is 3.35. The minimum absolute atomic E-state index is 0. The Kier molecular flexibility index (Phi) is 40.0. The molecule has 1 amide bonds. The molecule has 4 unspecified atom stereocenters. The maximum atomic E-state index is 11.7. The maximum Gasteiger partial charge on any atom is 4.00 e. The zero-order valence-electron chi connectivity index (χ0n) is 45.9. The van der Waals surface area contributed by atoms with Crippen molar-refractivity contribution in [2.45, 2.75) is 122 Å². The Balaban J connectivity index is 0. The molecule has 74 heavy (non-hydrogen) atoms. The fourth-order valence-corrected chi connectivity index (χ4v) is 6.93. The largest absolute Gasteiger partial charge is 4.00 e. The van der Waals surface area contributed by atoms with E-state index in [0.717, 1.165) is 48.5 Å². The van der Waals surface area contributed by atoms with Gasteiger partial charge in [-0.15, -0.1) is 22.8 Å². The first-order valence-corrected chi connectivity index (χ1v) is 25.4. The fourth-order valence-electron chi connectivity index (χ4n) is 6.93. The number of nitrogens with zero attached hydrogens (tertiary/aromatic N) is 5. The van der Waals surface area contributed by atoms with E-state index >= 15 is 0 Å². The summed E-state index contributed by atoms with van der Waals surface area (Å²) in [5.74, 6) is -5.73. The molecular formula is C57H87N5O11Zr. The number of carboxylic acid groups (broad SMARTS) is 5. The second kappa shape index (κ2) is 41.9. The number of hydrogen-bond donors (Lipinski definition) is 5. The van der Waals surface area contributed by atoms with E-state index in [1.807, 2.05) is 76.0 Å². The fraction of sp³-hybridized carbons (Fsp3) is 0.579. The van der Waals surface area contributed by atoms with E-state index in [2.05, 4.69) is 43.4 Å². The van der Waals surface area contributed by atoms with E-state index < -0.39 is 53.5 Å². The minimum atomic E-state index is -0.958. The normalized spacial score (nSPS) is 17.9. The Hall–Kier alpha value is -5.44. The molecule has 0 heterocycles. The standard InChI is InChI=1S/C21H39NO3.4C9H12NO2.Zr/c1-3-4-5-6-7-8-9-10-11-12-13-14-15-16-17-18-20(23)22(2)19-21(24)25;4*1-10(2)8-5-3-7(4-6-8)9(11)12;/h10-11H,3-9,12-19H2,1-2H3,(H,24,25);4*3,5,7H,4H2,1-2H3,(H,11,12);/q;4*-1;+4/b11-10-;;;;;. The molecule has 16 nitrogen and oxygen atoms in total. The van der Waals surface area contributed by atoms with Crippen molar-refractivity contribution >= 4 is 35.8 Å². The summed E-state index contributed by atoms with van der Waals surface area (Å²) in [6.45, 7) is 2.05. The quantitative estimate of drug-likeness (QED) is 0.0327. The molecule has 0 bridgehead atoms. The van der Waals surface area contributed by atoms with Crippen LogP contribution in [-0.4, -0.2) is 156 Å². The van der Waals surface area contributed by atoms with Crippen LogP contribution in [0.3, 0.4) is 0 Å². The molecule has 0 fully saturated rings. The third-order valence-corrected chi connectivity index (χ3v) is 11.6. The molecule has 0 aromatic carbocycles. The molecule has 4 aliphatic carbocycles. The molecule has 0 spiro atoms. The summed E-state index contributed by atoms with van der Waals surface area (Å²) < 4.78 is 0. The smallest absolute Gasteiger partial charge is 0.481 e. The first kappa shape index (κ1) is 70.6. The van der Waals surface area contributed by atoms with E-state index in [1.165, 1.54) is 62.7 Å². The molecular weight excluding hydrogens is 1020 g/mol. The van der Waals surface area contributed by atoms with Gasteiger partial charge in [-0.1, -0.05) is 96.1 Å². The Morgan fingerprint density at radius 3 is 0.959 bits per heavy atom. The predicted molar refractivity (Wildman–Crippen MR) is 286 cm³/mol. The van der Waals surface area contributed by atoms with Gasteiger partial charge in [-0.05, 0) is 32.1 Å².